The Hall–Kier alpha value is -2.69. The van der Waals surface area contributed by atoms with Crippen molar-refractivity contribution in [1.29, 1.82) is 0 Å². The lowest BCUT2D eigenvalue weighted by Gasteiger charge is -2.27. The second-order valence-corrected chi connectivity index (χ2v) is 6.25. The fourth-order valence-electron chi connectivity index (χ4n) is 2.78. The monoisotopic (exact) mass is 355 g/mol. The lowest BCUT2D eigenvalue weighted by molar-refractivity contribution is -0.128. The molecule has 1 amide bonds. The predicted molar refractivity (Wildman–Crippen MR) is 99.9 cm³/mol. The lowest BCUT2D eigenvalue weighted by Crippen LogP contribution is -2.45. The van der Waals surface area contributed by atoms with Gasteiger partial charge in [0.15, 0.2) is 17.6 Å². The molecular formula is C21H25NO4. The van der Waals surface area contributed by atoms with E-state index < -0.39 is 6.10 Å². The highest BCUT2D eigenvalue weighted by molar-refractivity contribution is 5.81. The summed E-state index contributed by atoms with van der Waals surface area (Å²) in [4.78, 5) is 12.5. The maximum atomic E-state index is 12.5. The van der Waals surface area contributed by atoms with Gasteiger partial charge in [0.1, 0.15) is 18.5 Å². The maximum Gasteiger partial charge on any atom is 0.261 e. The van der Waals surface area contributed by atoms with Crippen LogP contribution in [-0.4, -0.2) is 31.3 Å². The van der Waals surface area contributed by atoms with E-state index in [2.05, 4.69) is 12.2 Å². The lowest BCUT2D eigenvalue weighted by atomic mass is 10.1. The van der Waals surface area contributed by atoms with Crippen LogP contribution in [0.25, 0.3) is 0 Å². The van der Waals surface area contributed by atoms with Gasteiger partial charge in [-0.3, -0.25) is 4.79 Å². The summed E-state index contributed by atoms with van der Waals surface area (Å²) in [6, 6.07) is 15.4. The molecule has 5 nitrogen and oxygen atoms in total. The minimum absolute atomic E-state index is 0.144. The van der Waals surface area contributed by atoms with Gasteiger partial charge in [-0.2, -0.15) is 0 Å². The average molecular weight is 355 g/mol. The molecule has 1 heterocycles. The molecule has 0 unspecified atom stereocenters. The van der Waals surface area contributed by atoms with E-state index in [9.17, 15) is 4.79 Å². The molecule has 0 aromatic heterocycles. The zero-order valence-electron chi connectivity index (χ0n) is 15.2. The van der Waals surface area contributed by atoms with Crippen molar-refractivity contribution in [2.24, 2.45) is 0 Å². The van der Waals surface area contributed by atoms with Gasteiger partial charge in [-0.05, 0) is 42.7 Å². The van der Waals surface area contributed by atoms with Crippen LogP contribution in [-0.2, 0) is 11.2 Å². The molecule has 0 fully saturated rings. The van der Waals surface area contributed by atoms with Crippen LogP contribution in [0.2, 0.25) is 0 Å². The van der Waals surface area contributed by atoms with Crippen LogP contribution >= 0.6 is 0 Å². The summed E-state index contributed by atoms with van der Waals surface area (Å²) >= 11 is 0. The van der Waals surface area contributed by atoms with Crippen LogP contribution in [0.3, 0.4) is 0 Å². The van der Waals surface area contributed by atoms with Crippen LogP contribution in [0.4, 0.5) is 0 Å². The Balaban J connectivity index is 1.51. The predicted octanol–water partition coefficient (Wildman–Crippen LogP) is 3.36. The van der Waals surface area contributed by atoms with Crippen molar-refractivity contribution < 1.29 is 19.0 Å². The van der Waals surface area contributed by atoms with Gasteiger partial charge in [-0.25, -0.2) is 0 Å². The summed E-state index contributed by atoms with van der Waals surface area (Å²) in [7, 11) is 0. The molecule has 1 N–H and O–H groups in total. The normalized spacial score (nSPS) is 16.6. The third-order valence-electron chi connectivity index (χ3n) is 4.34. The summed E-state index contributed by atoms with van der Waals surface area (Å²) in [5, 5.41) is 2.91. The molecule has 138 valence electrons. The summed E-state index contributed by atoms with van der Waals surface area (Å²) < 4.78 is 17.4. The number of aryl methyl sites for hydroxylation is 1. The zero-order chi connectivity index (χ0) is 18.4. The number of para-hydroxylation sites is 2. The van der Waals surface area contributed by atoms with Crippen LogP contribution in [0.5, 0.6) is 17.2 Å². The van der Waals surface area contributed by atoms with Crippen molar-refractivity contribution in [2.45, 2.75) is 38.9 Å². The van der Waals surface area contributed by atoms with Gasteiger partial charge in [0.2, 0.25) is 0 Å². The number of hydrogen-bond donors (Lipinski definition) is 1. The van der Waals surface area contributed by atoms with E-state index in [-0.39, 0.29) is 12.0 Å². The van der Waals surface area contributed by atoms with Crippen molar-refractivity contribution in [1.82, 2.24) is 5.32 Å². The Morgan fingerprint density at radius 1 is 1.15 bits per heavy atom. The van der Waals surface area contributed by atoms with E-state index in [1.54, 1.807) is 0 Å². The Morgan fingerprint density at radius 2 is 1.88 bits per heavy atom. The van der Waals surface area contributed by atoms with Gasteiger partial charge in [-0.1, -0.05) is 38.1 Å². The highest BCUT2D eigenvalue weighted by Crippen LogP contribution is 2.30. The molecule has 1 aliphatic rings. The first kappa shape index (κ1) is 18.1. The molecule has 2 atom stereocenters. The van der Waals surface area contributed by atoms with Crippen molar-refractivity contribution in [2.75, 3.05) is 13.2 Å². The minimum atomic E-state index is -0.528. The minimum Gasteiger partial charge on any atom is -0.486 e. The third kappa shape index (κ3) is 4.48. The largest absolute Gasteiger partial charge is 0.486 e. The van der Waals surface area contributed by atoms with Crippen LogP contribution in [0.15, 0.2) is 48.5 Å². The zero-order valence-corrected chi connectivity index (χ0v) is 15.2. The van der Waals surface area contributed by atoms with Gasteiger partial charge in [0.05, 0.1) is 6.54 Å². The van der Waals surface area contributed by atoms with E-state index >= 15 is 0 Å². The fourth-order valence-corrected chi connectivity index (χ4v) is 2.78. The standard InChI is InChI=1S/C21H25NO4/c1-3-15-9-11-16(12-10-15)25-18(4-2)21(23)22-13-17-14-24-19-7-5-6-8-20(19)26-17/h5-12,17-18H,3-4,13-14H2,1-2H3,(H,22,23)/t17-,18-/m1/s1. The second-order valence-electron chi connectivity index (χ2n) is 6.25. The molecule has 2 aromatic rings. The molecular weight excluding hydrogens is 330 g/mol. The number of ether oxygens (including phenoxy) is 3. The summed E-state index contributed by atoms with van der Waals surface area (Å²) in [5.41, 5.74) is 1.24. The van der Waals surface area contributed by atoms with Crippen molar-refractivity contribution in [3.05, 3.63) is 54.1 Å². The quantitative estimate of drug-likeness (QED) is 0.827. The molecule has 0 saturated heterocycles. The van der Waals surface area contributed by atoms with Crippen molar-refractivity contribution in [3.8, 4) is 17.2 Å². The average Bonchev–Trinajstić information content (AvgIpc) is 2.70. The van der Waals surface area contributed by atoms with E-state index in [0.717, 1.165) is 12.2 Å². The molecule has 1 aliphatic heterocycles. The van der Waals surface area contributed by atoms with Gasteiger partial charge in [0, 0.05) is 0 Å². The second kappa shape index (κ2) is 8.61. The number of hydrogen-bond acceptors (Lipinski definition) is 4. The summed E-state index contributed by atoms with van der Waals surface area (Å²) in [6.07, 6.45) is 0.825. The molecule has 5 heteroatoms. The number of benzene rings is 2. The van der Waals surface area contributed by atoms with Crippen LogP contribution in [0.1, 0.15) is 25.8 Å². The van der Waals surface area contributed by atoms with Crippen LogP contribution in [0, 0.1) is 0 Å². The highest BCUT2D eigenvalue weighted by atomic mass is 16.6. The number of amides is 1. The SMILES string of the molecule is CCc1ccc(O[C@H](CC)C(=O)NC[C@@H]2COc3ccccc3O2)cc1. The molecule has 3 rings (SSSR count). The molecule has 26 heavy (non-hydrogen) atoms. The molecule has 0 saturated carbocycles. The summed E-state index contributed by atoms with van der Waals surface area (Å²) in [5.74, 6) is 2.00. The fraction of sp³-hybridized carbons (Fsp3) is 0.381. The summed E-state index contributed by atoms with van der Waals surface area (Å²) in [6.45, 7) is 4.82. The van der Waals surface area contributed by atoms with E-state index in [0.29, 0.717) is 31.1 Å². The van der Waals surface area contributed by atoms with Crippen molar-refractivity contribution >= 4 is 5.91 Å². The maximum absolute atomic E-state index is 12.5. The number of rotatable bonds is 7. The Kier molecular flexibility index (Phi) is 6.00. The molecule has 2 aromatic carbocycles. The van der Waals surface area contributed by atoms with Gasteiger partial charge in [0.25, 0.3) is 5.91 Å². The number of carbonyl (C=O) groups is 1. The first-order valence-corrected chi connectivity index (χ1v) is 9.11. The van der Waals surface area contributed by atoms with Crippen molar-refractivity contribution in [3.63, 3.8) is 0 Å². The van der Waals surface area contributed by atoms with Gasteiger partial charge in [-0.15, -0.1) is 0 Å². The van der Waals surface area contributed by atoms with Gasteiger partial charge < -0.3 is 19.5 Å². The Labute approximate surface area is 154 Å². The Morgan fingerprint density at radius 3 is 2.58 bits per heavy atom. The van der Waals surface area contributed by atoms with Gasteiger partial charge >= 0.3 is 0 Å². The van der Waals surface area contributed by atoms with E-state index in [1.807, 2.05) is 55.5 Å². The Bertz CT molecular complexity index is 729. The molecule has 0 spiro atoms. The smallest absolute Gasteiger partial charge is 0.261 e. The number of fused-ring (bicyclic) bond motifs is 1. The first-order chi connectivity index (χ1) is 12.7. The topological polar surface area (TPSA) is 56.8 Å². The highest BCUT2D eigenvalue weighted by Gasteiger charge is 2.24. The molecule has 0 radical (unpaired) electrons. The van der Waals surface area contributed by atoms with E-state index in [1.165, 1.54) is 5.56 Å². The van der Waals surface area contributed by atoms with Crippen LogP contribution < -0.4 is 19.5 Å². The third-order valence-corrected chi connectivity index (χ3v) is 4.34. The number of carbonyl (C=O) groups excluding carboxylic acids is 1. The first-order valence-electron chi connectivity index (χ1n) is 9.11. The van der Waals surface area contributed by atoms with E-state index in [4.69, 9.17) is 14.2 Å². The molecule has 0 aliphatic carbocycles. The molecule has 0 bridgehead atoms. The number of nitrogens with one attached hydrogen (secondary N) is 1.